The minimum Gasteiger partial charge on any atom is -0.497 e. The van der Waals surface area contributed by atoms with E-state index in [0.29, 0.717) is 11.4 Å². The number of methoxy groups -OCH3 is 1. The second-order valence-corrected chi connectivity index (χ2v) is 6.84. The van der Waals surface area contributed by atoms with Crippen molar-refractivity contribution < 1.29 is 13.2 Å². The van der Waals surface area contributed by atoms with Crippen LogP contribution in [0.25, 0.3) is 0 Å². The third-order valence-corrected chi connectivity index (χ3v) is 4.71. The van der Waals surface area contributed by atoms with Crippen LogP contribution < -0.4 is 9.46 Å². The molecule has 0 bridgehead atoms. The number of nitrogens with one attached hydrogen (secondary N) is 1. The van der Waals surface area contributed by atoms with Gasteiger partial charge in [0, 0.05) is 4.47 Å². The molecule has 2 aromatic rings. The molecule has 6 heteroatoms. The van der Waals surface area contributed by atoms with Crippen molar-refractivity contribution in [2.24, 2.45) is 0 Å². The van der Waals surface area contributed by atoms with Gasteiger partial charge in [0.15, 0.2) is 0 Å². The molecule has 106 valence electrons. The Morgan fingerprint density at radius 3 is 2.30 bits per heavy atom. The van der Waals surface area contributed by atoms with Gasteiger partial charge in [-0.05, 0) is 55.0 Å². The molecule has 0 spiro atoms. The van der Waals surface area contributed by atoms with Crippen molar-refractivity contribution in [2.75, 3.05) is 11.8 Å². The molecule has 0 atom stereocenters. The Morgan fingerprint density at radius 2 is 1.75 bits per heavy atom. The molecule has 2 rings (SSSR count). The summed E-state index contributed by atoms with van der Waals surface area (Å²) < 4.78 is 33.0. The second kappa shape index (κ2) is 5.85. The zero-order valence-electron chi connectivity index (χ0n) is 11.1. The maximum Gasteiger partial charge on any atom is 0.261 e. The molecule has 0 fully saturated rings. The molecular formula is C14H14BrNO3S. The topological polar surface area (TPSA) is 55.4 Å². The number of aryl methyl sites for hydroxylation is 1. The molecule has 1 N–H and O–H groups in total. The molecule has 0 unspecified atom stereocenters. The number of ether oxygens (including phenoxy) is 1. The minimum atomic E-state index is -3.58. The normalized spacial score (nSPS) is 11.2. The first kappa shape index (κ1) is 14.9. The van der Waals surface area contributed by atoms with Crippen LogP contribution in [0.4, 0.5) is 5.69 Å². The summed E-state index contributed by atoms with van der Waals surface area (Å²) in [5, 5.41) is 0. The number of rotatable bonds is 4. The summed E-state index contributed by atoms with van der Waals surface area (Å²) in [5.74, 6) is 0.689. The smallest absolute Gasteiger partial charge is 0.261 e. The third-order valence-electron chi connectivity index (χ3n) is 2.80. The van der Waals surface area contributed by atoms with Crippen LogP contribution in [0.15, 0.2) is 51.8 Å². The summed E-state index contributed by atoms with van der Waals surface area (Å²) in [5.41, 5.74) is 1.33. The van der Waals surface area contributed by atoms with Gasteiger partial charge >= 0.3 is 0 Å². The van der Waals surface area contributed by atoms with Crippen LogP contribution in [0, 0.1) is 6.92 Å². The van der Waals surface area contributed by atoms with Crippen LogP contribution in [0.1, 0.15) is 5.56 Å². The van der Waals surface area contributed by atoms with Gasteiger partial charge in [0.1, 0.15) is 5.75 Å². The SMILES string of the molecule is COc1ccc(NS(=O)(=O)c2ccc(Br)cc2)c(C)c1. The maximum atomic E-state index is 12.3. The summed E-state index contributed by atoms with van der Waals surface area (Å²) in [4.78, 5) is 0.218. The fourth-order valence-corrected chi connectivity index (χ4v) is 3.09. The predicted octanol–water partition coefficient (Wildman–Crippen LogP) is 3.57. The van der Waals surface area contributed by atoms with Crippen molar-refractivity contribution in [2.45, 2.75) is 11.8 Å². The van der Waals surface area contributed by atoms with Gasteiger partial charge < -0.3 is 4.74 Å². The van der Waals surface area contributed by atoms with E-state index in [2.05, 4.69) is 20.7 Å². The molecule has 2 aromatic carbocycles. The molecule has 0 heterocycles. The van der Waals surface area contributed by atoms with E-state index in [1.54, 1.807) is 49.6 Å². The lowest BCUT2D eigenvalue weighted by molar-refractivity contribution is 0.414. The van der Waals surface area contributed by atoms with Gasteiger partial charge in [-0.25, -0.2) is 8.42 Å². The van der Waals surface area contributed by atoms with Crippen LogP contribution in [0.2, 0.25) is 0 Å². The molecule has 0 radical (unpaired) electrons. The van der Waals surface area contributed by atoms with Crippen LogP contribution in [0.3, 0.4) is 0 Å². The molecule has 0 saturated carbocycles. The van der Waals surface area contributed by atoms with E-state index in [0.717, 1.165) is 10.0 Å². The Balaban J connectivity index is 2.31. The van der Waals surface area contributed by atoms with Crippen LogP contribution in [-0.2, 0) is 10.0 Å². The van der Waals surface area contributed by atoms with E-state index < -0.39 is 10.0 Å². The van der Waals surface area contributed by atoms with E-state index in [9.17, 15) is 8.42 Å². The fourth-order valence-electron chi connectivity index (χ4n) is 1.70. The van der Waals surface area contributed by atoms with Crippen molar-refractivity contribution in [1.82, 2.24) is 0 Å². The summed E-state index contributed by atoms with van der Waals surface area (Å²) in [6.45, 7) is 1.82. The van der Waals surface area contributed by atoms with E-state index in [4.69, 9.17) is 4.74 Å². The van der Waals surface area contributed by atoms with Crippen molar-refractivity contribution in [3.63, 3.8) is 0 Å². The molecule has 0 aromatic heterocycles. The van der Waals surface area contributed by atoms with Gasteiger partial charge in [0.25, 0.3) is 10.0 Å². The van der Waals surface area contributed by atoms with Crippen LogP contribution in [0.5, 0.6) is 5.75 Å². The molecule has 0 amide bonds. The van der Waals surface area contributed by atoms with Gasteiger partial charge in [0.2, 0.25) is 0 Å². The zero-order chi connectivity index (χ0) is 14.8. The number of hydrogen-bond acceptors (Lipinski definition) is 3. The van der Waals surface area contributed by atoms with E-state index in [-0.39, 0.29) is 4.90 Å². The summed E-state index contributed by atoms with van der Waals surface area (Å²) >= 11 is 3.28. The molecule has 4 nitrogen and oxygen atoms in total. The maximum absolute atomic E-state index is 12.3. The largest absolute Gasteiger partial charge is 0.497 e. The van der Waals surface area contributed by atoms with Crippen molar-refractivity contribution in [1.29, 1.82) is 0 Å². The number of sulfonamides is 1. The molecule has 0 saturated heterocycles. The van der Waals surface area contributed by atoms with E-state index >= 15 is 0 Å². The Morgan fingerprint density at radius 1 is 1.10 bits per heavy atom. The van der Waals surface area contributed by atoms with Gasteiger partial charge in [0.05, 0.1) is 17.7 Å². The summed E-state index contributed by atoms with van der Waals surface area (Å²) in [6.07, 6.45) is 0. The Labute approximate surface area is 127 Å². The van der Waals surface area contributed by atoms with Crippen molar-refractivity contribution in [3.8, 4) is 5.75 Å². The lowest BCUT2D eigenvalue weighted by Gasteiger charge is -2.11. The van der Waals surface area contributed by atoms with Gasteiger partial charge in [-0.2, -0.15) is 0 Å². The lowest BCUT2D eigenvalue weighted by Crippen LogP contribution is -2.13. The van der Waals surface area contributed by atoms with Crippen LogP contribution >= 0.6 is 15.9 Å². The Kier molecular flexibility index (Phi) is 4.35. The second-order valence-electron chi connectivity index (χ2n) is 4.24. The first-order valence-corrected chi connectivity index (χ1v) is 8.13. The quantitative estimate of drug-likeness (QED) is 0.911. The zero-order valence-corrected chi connectivity index (χ0v) is 13.5. The van der Waals surface area contributed by atoms with Gasteiger partial charge in [-0.15, -0.1) is 0 Å². The first-order valence-electron chi connectivity index (χ1n) is 5.85. The van der Waals surface area contributed by atoms with Gasteiger partial charge in [-0.1, -0.05) is 15.9 Å². The highest BCUT2D eigenvalue weighted by Crippen LogP contribution is 2.24. The molecule has 20 heavy (non-hydrogen) atoms. The highest BCUT2D eigenvalue weighted by atomic mass is 79.9. The van der Waals surface area contributed by atoms with Crippen molar-refractivity contribution >= 4 is 31.6 Å². The lowest BCUT2D eigenvalue weighted by atomic mass is 10.2. The minimum absolute atomic E-state index is 0.218. The predicted molar refractivity (Wildman–Crippen MR) is 82.7 cm³/mol. The Bertz CT molecular complexity index is 712. The summed E-state index contributed by atoms with van der Waals surface area (Å²) in [7, 11) is -2.01. The standard InChI is InChI=1S/C14H14BrNO3S/c1-10-9-12(19-2)5-8-14(10)16-20(17,18)13-6-3-11(15)4-7-13/h3-9,16H,1-2H3. The number of hydrogen-bond donors (Lipinski definition) is 1. The molecular weight excluding hydrogens is 342 g/mol. The summed E-state index contributed by atoms with van der Waals surface area (Å²) in [6, 6.07) is 11.7. The number of anilines is 1. The highest BCUT2D eigenvalue weighted by Gasteiger charge is 2.15. The van der Waals surface area contributed by atoms with Crippen molar-refractivity contribution in [3.05, 3.63) is 52.5 Å². The highest BCUT2D eigenvalue weighted by molar-refractivity contribution is 9.10. The third kappa shape index (κ3) is 3.32. The molecule has 0 aliphatic carbocycles. The number of halogens is 1. The fraction of sp³-hybridized carbons (Fsp3) is 0.143. The van der Waals surface area contributed by atoms with E-state index in [1.165, 1.54) is 0 Å². The Hall–Kier alpha value is -1.53. The monoisotopic (exact) mass is 355 g/mol. The van der Waals surface area contributed by atoms with E-state index in [1.807, 2.05) is 6.92 Å². The van der Waals surface area contributed by atoms with Gasteiger partial charge in [-0.3, -0.25) is 4.72 Å². The molecule has 0 aliphatic heterocycles. The average molecular weight is 356 g/mol. The first-order chi connectivity index (χ1) is 9.42. The average Bonchev–Trinajstić information content (AvgIpc) is 2.41. The number of benzene rings is 2. The molecule has 0 aliphatic rings. The van der Waals surface area contributed by atoms with Crippen LogP contribution in [-0.4, -0.2) is 15.5 Å².